The highest BCUT2D eigenvalue weighted by molar-refractivity contribution is 7.95. The van der Waals surface area contributed by atoms with Gasteiger partial charge in [-0.15, -0.1) is 0 Å². The SMILES string of the molecule is NC(=O)Nc1c2n(c3ncccc13)S2(=O)=O. The van der Waals surface area contributed by atoms with Crippen molar-refractivity contribution in [3.05, 3.63) is 18.3 Å². The van der Waals surface area contributed by atoms with Gasteiger partial charge in [0.05, 0.1) is 5.69 Å². The Labute approximate surface area is 89.9 Å². The van der Waals surface area contributed by atoms with Crippen molar-refractivity contribution < 1.29 is 13.2 Å². The average molecular weight is 238 g/mol. The largest absolute Gasteiger partial charge is 0.351 e. The predicted octanol–water partition coefficient (Wildman–Crippen LogP) is 0.0773. The van der Waals surface area contributed by atoms with Crippen molar-refractivity contribution in [2.45, 2.75) is 5.03 Å². The molecule has 0 aliphatic carbocycles. The van der Waals surface area contributed by atoms with Gasteiger partial charge in [-0.25, -0.2) is 13.8 Å². The van der Waals surface area contributed by atoms with Gasteiger partial charge in [0.2, 0.25) is 0 Å². The van der Waals surface area contributed by atoms with Crippen molar-refractivity contribution in [3.8, 4) is 0 Å². The molecule has 82 valence electrons. The van der Waals surface area contributed by atoms with Crippen LogP contribution in [0, 0.1) is 0 Å². The van der Waals surface area contributed by atoms with Crippen molar-refractivity contribution >= 4 is 32.8 Å². The second-order valence-corrected chi connectivity index (χ2v) is 5.02. The van der Waals surface area contributed by atoms with E-state index in [-0.39, 0.29) is 10.7 Å². The van der Waals surface area contributed by atoms with E-state index in [2.05, 4.69) is 10.3 Å². The van der Waals surface area contributed by atoms with Crippen LogP contribution in [0.25, 0.3) is 11.0 Å². The summed E-state index contributed by atoms with van der Waals surface area (Å²) in [5, 5.41) is 2.92. The molecule has 0 aromatic carbocycles. The number of nitrogens with zero attached hydrogens (tertiary/aromatic N) is 2. The maximum Gasteiger partial charge on any atom is 0.316 e. The molecule has 3 N–H and O–H groups in total. The van der Waals surface area contributed by atoms with Crippen LogP contribution in [0.1, 0.15) is 0 Å². The zero-order valence-electron chi connectivity index (χ0n) is 7.84. The number of amides is 2. The summed E-state index contributed by atoms with van der Waals surface area (Å²) in [7, 11) is -3.43. The topological polar surface area (TPSA) is 107 Å². The molecular weight excluding hydrogens is 232 g/mol. The molecule has 0 unspecified atom stereocenters. The normalized spacial score (nSPS) is 15.8. The first-order valence-corrected chi connectivity index (χ1v) is 5.79. The van der Waals surface area contributed by atoms with Crippen molar-refractivity contribution in [3.63, 3.8) is 0 Å². The lowest BCUT2D eigenvalue weighted by Gasteiger charge is -1.99. The molecule has 1 aliphatic heterocycles. The minimum Gasteiger partial charge on any atom is -0.351 e. The zero-order valence-corrected chi connectivity index (χ0v) is 8.65. The second-order valence-electron chi connectivity index (χ2n) is 3.31. The van der Waals surface area contributed by atoms with Crippen LogP contribution >= 0.6 is 0 Å². The quantitative estimate of drug-likeness (QED) is 0.585. The van der Waals surface area contributed by atoms with Gasteiger partial charge in [-0.1, -0.05) is 0 Å². The smallest absolute Gasteiger partial charge is 0.316 e. The third-order valence-electron chi connectivity index (χ3n) is 2.35. The van der Waals surface area contributed by atoms with Gasteiger partial charge >= 0.3 is 6.03 Å². The van der Waals surface area contributed by atoms with Crippen molar-refractivity contribution in [1.29, 1.82) is 0 Å². The van der Waals surface area contributed by atoms with E-state index in [1.165, 1.54) is 6.20 Å². The fourth-order valence-corrected chi connectivity index (χ4v) is 3.22. The minimum atomic E-state index is -3.43. The molecule has 0 saturated heterocycles. The Bertz CT molecular complexity index is 731. The summed E-state index contributed by atoms with van der Waals surface area (Å²) in [6, 6.07) is 2.52. The zero-order chi connectivity index (χ0) is 11.5. The van der Waals surface area contributed by atoms with Crippen LogP contribution in [0.5, 0.6) is 0 Å². The van der Waals surface area contributed by atoms with Crippen LogP contribution in [0.15, 0.2) is 23.4 Å². The van der Waals surface area contributed by atoms with Gasteiger partial charge in [-0.2, -0.15) is 8.42 Å². The van der Waals surface area contributed by atoms with Crippen LogP contribution in [0.4, 0.5) is 10.5 Å². The molecule has 2 aromatic rings. The number of anilines is 1. The Hall–Kier alpha value is -2.09. The fourth-order valence-electron chi connectivity index (χ4n) is 1.72. The van der Waals surface area contributed by atoms with Crippen LogP contribution < -0.4 is 11.1 Å². The van der Waals surface area contributed by atoms with E-state index >= 15 is 0 Å². The van der Waals surface area contributed by atoms with Gasteiger partial charge in [0.1, 0.15) is 0 Å². The Morgan fingerprint density at radius 1 is 1.50 bits per heavy atom. The molecule has 0 bridgehead atoms. The van der Waals surface area contributed by atoms with E-state index in [1.54, 1.807) is 12.1 Å². The van der Waals surface area contributed by atoms with Crippen molar-refractivity contribution in [2.75, 3.05) is 5.32 Å². The van der Waals surface area contributed by atoms with Crippen LogP contribution in [-0.4, -0.2) is 23.4 Å². The van der Waals surface area contributed by atoms with Gasteiger partial charge < -0.3 is 11.1 Å². The van der Waals surface area contributed by atoms with Crippen LogP contribution in [-0.2, 0) is 10.0 Å². The molecule has 3 heterocycles. The lowest BCUT2D eigenvalue weighted by molar-refractivity contribution is 0.259. The third kappa shape index (κ3) is 0.936. The summed E-state index contributed by atoms with van der Waals surface area (Å²) < 4.78 is 24.0. The number of pyridine rings is 1. The maximum absolute atomic E-state index is 11.5. The lowest BCUT2D eigenvalue weighted by atomic mass is 10.3. The second kappa shape index (κ2) is 2.53. The summed E-state index contributed by atoms with van der Waals surface area (Å²) in [5.41, 5.74) is 5.49. The van der Waals surface area contributed by atoms with Crippen LogP contribution in [0.3, 0.4) is 0 Å². The number of carbonyl (C=O) groups excluding carboxylic acids is 1. The number of nitrogens with two attached hydrogens (primary N) is 1. The number of rotatable bonds is 1. The monoisotopic (exact) mass is 238 g/mol. The van der Waals surface area contributed by atoms with Gasteiger partial charge in [-0.05, 0) is 12.1 Å². The summed E-state index contributed by atoms with van der Waals surface area (Å²) >= 11 is 0. The molecule has 8 heteroatoms. The maximum atomic E-state index is 11.5. The van der Waals surface area contributed by atoms with Gasteiger partial charge in [0.15, 0.2) is 10.7 Å². The first-order valence-electron chi connectivity index (χ1n) is 4.35. The Morgan fingerprint density at radius 3 is 2.94 bits per heavy atom. The number of primary amides is 1. The number of fused-ring (bicyclic) bond motifs is 3. The van der Waals surface area contributed by atoms with Gasteiger partial charge in [-0.3, -0.25) is 0 Å². The number of carbonyl (C=O) groups is 1. The molecule has 0 fully saturated rings. The van der Waals surface area contributed by atoms with E-state index in [0.29, 0.717) is 11.0 Å². The number of urea groups is 1. The summed E-state index contributed by atoms with van der Waals surface area (Å²) in [4.78, 5) is 14.7. The van der Waals surface area contributed by atoms with Gasteiger partial charge in [0, 0.05) is 11.6 Å². The molecule has 2 aromatic heterocycles. The molecule has 2 amide bonds. The molecule has 16 heavy (non-hydrogen) atoms. The lowest BCUT2D eigenvalue weighted by Crippen LogP contribution is -2.19. The molecule has 0 spiro atoms. The molecule has 1 aliphatic rings. The fraction of sp³-hybridized carbons (Fsp3) is 0. The summed E-state index contributed by atoms with van der Waals surface area (Å²) in [6.45, 7) is 0. The van der Waals surface area contributed by atoms with E-state index in [9.17, 15) is 13.2 Å². The Kier molecular flexibility index (Phi) is 1.45. The number of aromatic nitrogens is 2. The van der Waals surface area contributed by atoms with Gasteiger partial charge in [0.25, 0.3) is 10.0 Å². The standard InChI is InChI=1S/C8H6N4O3S/c9-8(13)11-5-4-2-1-3-10-6(4)12-7(5)16(12,14)15/h1-3H,(H3,9,11,13). The Morgan fingerprint density at radius 2 is 2.25 bits per heavy atom. The number of hydrogen-bond donors (Lipinski definition) is 2. The molecule has 0 saturated carbocycles. The molecule has 3 rings (SSSR count). The minimum absolute atomic E-state index is 0.0556. The highest BCUT2D eigenvalue weighted by Gasteiger charge is 2.46. The van der Waals surface area contributed by atoms with Crippen molar-refractivity contribution in [2.24, 2.45) is 5.73 Å². The van der Waals surface area contributed by atoms with E-state index < -0.39 is 16.1 Å². The van der Waals surface area contributed by atoms with Crippen molar-refractivity contribution in [1.82, 2.24) is 8.96 Å². The first kappa shape index (κ1) is 9.16. The molecular formula is C8H6N4O3S. The highest BCUT2D eigenvalue weighted by atomic mass is 32.2. The number of hydrogen-bond acceptors (Lipinski definition) is 4. The molecule has 0 radical (unpaired) electrons. The first-order chi connectivity index (χ1) is 7.53. The van der Waals surface area contributed by atoms with E-state index in [4.69, 9.17) is 5.73 Å². The third-order valence-corrected chi connectivity index (χ3v) is 3.89. The summed E-state index contributed by atoms with van der Waals surface area (Å²) in [5.74, 6) is 0. The highest BCUT2D eigenvalue weighted by Crippen LogP contribution is 2.45. The number of nitrogens with one attached hydrogen (secondary N) is 1. The predicted molar refractivity (Wildman–Crippen MR) is 55.5 cm³/mol. The van der Waals surface area contributed by atoms with Crippen LogP contribution in [0.2, 0.25) is 0 Å². The average Bonchev–Trinajstić information content (AvgIpc) is 2.62. The summed E-state index contributed by atoms with van der Waals surface area (Å²) in [6.07, 6.45) is 1.48. The molecule has 0 atom stereocenters. The molecule has 7 nitrogen and oxygen atoms in total. The Balaban J connectivity index is 2.37. The van der Waals surface area contributed by atoms with E-state index in [1.807, 2.05) is 0 Å². The van der Waals surface area contributed by atoms with E-state index in [0.717, 1.165) is 3.97 Å².